The Labute approximate surface area is 121 Å². The van der Waals surface area contributed by atoms with E-state index in [1.807, 2.05) is 0 Å². The van der Waals surface area contributed by atoms with Gasteiger partial charge in [0.2, 0.25) is 0 Å². The van der Waals surface area contributed by atoms with E-state index in [0.29, 0.717) is 0 Å². The van der Waals surface area contributed by atoms with Crippen LogP contribution in [0, 0.1) is 0 Å². The Morgan fingerprint density at radius 2 is 2.05 bits per heavy atom. The first-order valence-electron chi connectivity index (χ1n) is 6.10. The second-order valence-electron chi connectivity index (χ2n) is 4.48. The smallest absolute Gasteiger partial charge is 0.417 e. The van der Waals surface area contributed by atoms with Crippen LogP contribution in [-0.4, -0.2) is 45.3 Å². The third-order valence-electron chi connectivity index (χ3n) is 3.05. The van der Waals surface area contributed by atoms with Crippen molar-refractivity contribution in [3.05, 3.63) is 29.8 Å². The van der Waals surface area contributed by atoms with Gasteiger partial charge in [0.25, 0.3) is 0 Å². The van der Waals surface area contributed by atoms with Gasteiger partial charge in [0.15, 0.2) is 0 Å². The molecule has 2 N–H and O–H groups in total. The molecule has 1 aromatic rings. The maximum atomic E-state index is 12.9. The van der Waals surface area contributed by atoms with Crippen LogP contribution in [0.1, 0.15) is 5.56 Å². The maximum absolute atomic E-state index is 12.9. The number of carbonyl (C=O) groups is 1. The fourth-order valence-electron chi connectivity index (χ4n) is 2.03. The van der Waals surface area contributed by atoms with Crippen molar-refractivity contribution in [3.8, 4) is 0 Å². The molecule has 0 amide bonds. The van der Waals surface area contributed by atoms with Crippen LogP contribution < -0.4 is 5.32 Å². The zero-order valence-corrected chi connectivity index (χ0v) is 11.6. The number of hydrogen-bond donors (Lipinski definition) is 2. The SMILES string of the molecule is O=C(O)C1CN(S(=O)c2ccccc2C(F)(F)F)CCN1. The lowest BCUT2D eigenvalue weighted by atomic mass is 10.2. The Balaban J connectivity index is 2.26. The first-order valence-corrected chi connectivity index (χ1v) is 7.20. The normalized spacial score (nSPS) is 22.0. The van der Waals surface area contributed by atoms with Crippen LogP contribution in [0.4, 0.5) is 13.2 Å². The summed E-state index contributed by atoms with van der Waals surface area (Å²) in [6, 6.07) is 3.67. The standard InChI is InChI=1S/C12H13F3N2O3S/c13-12(14,15)8-3-1-2-4-10(8)21(20)17-6-5-16-9(7-17)11(18)19/h1-4,9,16H,5-7H2,(H,18,19). The Kier molecular flexibility index (Phi) is 4.64. The summed E-state index contributed by atoms with van der Waals surface area (Å²) in [7, 11) is -2.06. The van der Waals surface area contributed by atoms with Gasteiger partial charge in [-0.3, -0.25) is 4.79 Å². The van der Waals surface area contributed by atoms with E-state index in [9.17, 15) is 22.2 Å². The number of nitrogens with one attached hydrogen (secondary N) is 1. The highest BCUT2D eigenvalue weighted by Gasteiger charge is 2.37. The van der Waals surface area contributed by atoms with Crippen molar-refractivity contribution in [2.75, 3.05) is 19.6 Å². The summed E-state index contributed by atoms with van der Waals surface area (Å²) in [6.07, 6.45) is -4.60. The summed E-state index contributed by atoms with van der Waals surface area (Å²) in [5.74, 6) is -1.12. The molecule has 0 saturated carbocycles. The average Bonchev–Trinajstić information content (AvgIpc) is 2.45. The van der Waals surface area contributed by atoms with Gasteiger partial charge >= 0.3 is 12.1 Å². The van der Waals surface area contributed by atoms with Crippen molar-refractivity contribution in [1.29, 1.82) is 0 Å². The van der Waals surface area contributed by atoms with Crippen LogP contribution in [0.15, 0.2) is 29.2 Å². The van der Waals surface area contributed by atoms with E-state index in [4.69, 9.17) is 5.11 Å². The molecule has 1 aliphatic heterocycles. The number of carboxylic acid groups (broad SMARTS) is 1. The van der Waals surface area contributed by atoms with Gasteiger partial charge in [0, 0.05) is 19.6 Å². The van der Waals surface area contributed by atoms with E-state index in [0.717, 1.165) is 12.1 Å². The molecule has 0 aliphatic carbocycles. The molecule has 5 nitrogen and oxygen atoms in total. The third-order valence-corrected chi connectivity index (χ3v) is 4.58. The Morgan fingerprint density at radius 3 is 2.67 bits per heavy atom. The lowest BCUT2D eigenvalue weighted by Gasteiger charge is -2.30. The summed E-state index contributed by atoms with van der Waals surface area (Å²) in [5.41, 5.74) is -0.964. The van der Waals surface area contributed by atoms with Crippen molar-refractivity contribution in [3.63, 3.8) is 0 Å². The monoisotopic (exact) mass is 322 g/mol. The van der Waals surface area contributed by atoms with Crippen LogP contribution in [0.25, 0.3) is 0 Å². The minimum absolute atomic E-state index is 0.117. The highest BCUT2D eigenvalue weighted by molar-refractivity contribution is 7.82. The number of rotatable bonds is 3. The zero-order valence-electron chi connectivity index (χ0n) is 10.8. The highest BCUT2D eigenvalue weighted by atomic mass is 32.2. The van der Waals surface area contributed by atoms with Gasteiger partial charge in [-0.1, -0.05) is 12.1 Å². The Bertz CT molecular complexity index is 565. The molecule has 0 bridgehead atoms. The van der Waals surface area contributed by atoms with Gasteiger partial charge in [-0.2, -0.15) is 13.2 Å². The molecule has 9 heteroatoms. The summed E-state index contributed by atoms with van der Waals surface area (Å²) < 4.78 is 52.4. The molecule has 116 valence electrons. The molecule has 1 aliphatic rings. The number of hydrogen-bond acceptors (Lipinski definition) is 3. The number of benzene rings is 1. The molecule has 1 aromatic carbocycles. The first-order chi connectivity index (χ1) is 9.80. The van der Waals surface area contributed by atoms with Crippen molar-refractivity contribution in [2.24, 2.45) is 0 Å². The number of piperazine rings is 1. The van der Waals surface area contributed by atoms with Crippen molar-refractivity contribution in [2.45, 2.75) is 17.1 Å². The van der Waals surface area contributed by atoms with Gasteiger partial charge in [0.05, 0.1) is 10.5 Å². The van der Waals surface area contributed by atoms with E-state index in [-0.39, 0.29) is 24.5 Å². The molecular formula is C12H13F3N2O3S. The maximum Gasteiger partial charge on any atom is 0.417 e. The van der Waals surface area contributed by atoms with Crippen LogP contribution >= 0.6 is 0 Å². The topological polar surface area (TPSA) is 69.6 Å². The van der Waals surface area contributed by atoms with Gasteiger partial charge < -0.3 is 10.4 Å². The highest BCUT2D eigenvalue weighted by Crippen LogP contribution is 2.34. The lowest BCUT2D eigenvalue weighted by Crippen LogP contribution is -2.54. The van der Waals surface area contributed by atoms with E-state index < -0.39 is 34.7 Å². The predicted molar refractivity (Wildman–Crippen MR) is 68.9 cm³/mol. The van der Waals surface area contributed by atoms with Gasteiger partial charge in [-0.25, -0.2) is 8.51 Å². The Morgan fingerprint density at radius 1 is 1.38 bits per heavy atom. The molecule has 0 spiro atoms. The van der Waals surface area contributed by atoms with Crippen LogP contribution in [0.5, 0.6) is 0 Å². The lowest BCUT2D eigenvalue weighted by molar-refractivity contribution is -0.141. The summed E-state index contributed by atoms with van der Waals surface area (Å²) >= 11 is 0. The molecule has 2 unspecified atom stereocenters. The second kappa shape index (κ2) is 6.12. The third kappa shape index (κ3) is 3.60. The summed E-state index contributed by atoms with van der Waals surface area (Å²) in [5, 5.41) is 11.6. The molecule has 1 fully saturated rings. The summed E-state index contributed by atoms with van der Waals surface area (Å²) in [4.78, 5) is 10.6. The fraction of sp³-hybridized carbons (Fsp3) is 0.417. The summed E-state index contributed by atoms with van der Waals surface area (Å²) in [6.45, 7) is 0.341. The Hall–Kier alpha value is -1.45. The predicted octanol–water partition coefficient (Wildman–Crippen LogP) is 1.09. The molecule has 1 saturated heterocycles. The largest absolute Gasteiger partial charge is 0.480 e. The van der Waals surface area contributed by atoms with E-state index in [2.05, 4.69) is 5.32 Å². The van der Waals surface area contributed by atoms with Gasteiger partial charge in [0.1, 0.15) is 17.0 Å². The number of carboxylic acids is 1. The fourth-order valence-corrected chi connectivity index (χ4v) is 3.42. The van der Waals surface area contributed by atoms with E-state index in [1.165, 1.54) is 16.4 Å². The number of nitrogens with zero attached hydrogens (tertiary/aromatic N) is 1. The van der Waals surface area contributed by atoms with Gasteiger partial charge in [-0.15, -0.1) is 0 Å². The zero-order chi connectivity index (χ0) is 15.6. The van der Waals surface area contributed by atoms with Crippen LogP contribution in [0.2, 0.25) is 0 Å². The second-order valence-corrected chi connectivity index (χ2v) is 5.93. The van der Waals surface area contributed by atoms with Crippen molar-refractivity contribution < 1.29 is 27.3 Å². The molecule has 0 aromatic heterocycles. The number of halogens is 3. The molecule has 1 heterocycles. The van der Waals surface area contributed by atoms with Crippen LogP contribution in [0.3, 0.4) is 0 Å². The van der Waals surface area contributed by atoms with E-state index in [1.54, 1.807) is 0 Å². The van der Waals surface area contributed by atoms with Crippen molar-refractivity contribution in [1.82, 2.24) is 9.62 Å². The number of alkyl halides is 3. The number of aliphatic carboxylic acids is 1. The molecule has 21 heavy (non-hydrogen) atoms. The van der Waals surface area contributed by atoms with Crippen LogP contribution in [-0.2, 0) is 22.0 Å². The molecule has 0 radical (unpaired) electrons. The molecular weight excluding hydrogens is 309 g/mol. The minimum atomic E-state index is -4.60. The van der Waals surface area contributed by atoms with Gasteiger partial charge in [-0.05, 0) is 12.1 Å². The first kappa shape index (κ1) is 15.9. The molecule has 2 atom stereocenters. The molecule has 2 rings (SSSR count). The minimum Gasteiger partial charge on any atom is -0.480 e. The average molecular weight is 322 g/mol. The quantitative estimate of drug-likeness (QED) is 0.874. The van der Waals surface area contributed by atoms with Crippen molar-refractivity contribution >= 4 is 17.0 Å². The van der Waals surface area contributed by atoms with E-state index >= 15 is 0 Å².